The fourth-order valence-corrected chi connectivity index (χ4v) is 3.43. The van der Waals surface area contributed by atoms with Gasteiger partial charge in [-0.1, -0.05) is 23.2 Å². The van der Waals surface area contributed by atoms with Crippen molar-refractivity contribution in [2.75, 3.05) is 12.4 Å². The summed E-state index contributed by atoms with van der Waals surface area (Å²) in [5, 5.41) is 15.3. The number of halogens is 2. The highest BCUT2D eigenvalue weighted by molar-refractivity contribution is 7.80. The first-order valence-corrected chi connectivity index (χ1v) is 10.2. The van der Waals surface area contributed by atoms with E-state index in [-0.39, 0.29) is 10.7 Å². The second kappa shape index (κ2) is 10.3. The summed E-state index contributed by atoms with van der Waals surface area (Å²) in [5.41, 5.74) is 1.05. The molecule has 0 bridgehead atoms. The largest absolute Gasteiger partial charge is 0.495 e. The van der Waals surface area contributed by atoms with E-state index < -0.39 is 11.9 Å². The van der Waals surface area contributed by atoms with Crippen molar-refractivity contribution in [3.05, 3.63) is 76.0 Å². The maximum absolute atomic E-state index is 12.2. The lowest BCUT2D eigenvalue weighted by molar-refractivity contribution is -0.115. The third-order valence-electron chi connectivity index (χ3n) is 4.10. The van der Waals surface area contributed by atoms with Gasteiger partial charge in [-0.25, -0.2) is 4.79 Å². The molecule has 0 aliphatic carbocycles. The number of anilines is 1. The lowest BCUT2D eigenvalue weighted by atomic mass is 10.2. The first-order valence-electron chi connectivity index (χ1n) is 9.03. The van der Waals surface area contributed by atoms with Crippen LogP contribution in [0.25, 0.3) is 17.4 Å². The van der Waals surface area contributed by atoms with E-state index in [2.05, 4.69) is 10.6 Å². The number of methoxy groups -OCH3 is 1. The number of nitrogens with one attached hydrogen (secondary N) is 2. The maximum Gasteiger partial charge on any atom is 0.335 e. The molecule has 0 atom stereocenters. The Morgan fingerprint density at radius 2 is 1.81 bits per heavy atom. The van der Waals surface area contributed by atoms with E-state index in [0.717, 1.165) is 0 Å². The number of ether oxygens (including phenoxy) is 1. The van der Waals surface area contributed by atoms with Gasteiger partial charge in [0.05, 0.1) is 18.4 Å². The Morgan fingerprint density at radius 3 is 2.47 bits per heavy atom. The average molecular weight is 491 g/mol. The molecule has 3 rings (SSSR count). The van der Waals surface area contributed by atoms with Crippen molar-refractivity contribution in [2.24, 2.45) is 0 Å². The van der Waals surface area contributed by atoms with Gasteiger partial charge in [-0.15, -0.1) is 0 Å². The van der Waals surface area contributed by atoms with Crippen molar-refractivity contribution < 1.29 is 23.8 Å². The number of thiocarbonyl (C=S) groups is 1. The number of carbonyl (C=O) groups is 2. The Bertz CT molecular complexity index is 1200. The normalized spacial score (nSPS) is 10.7. The van der Waals surface area contributed by atoms with Crippen LogP contribution in [-0.4, -0.2) is 29.2 Å². The second-order valence-corrected chi connectivity index (χ2v) is 7.64. The Labute approximate surface area is 198 Å². The molecule has 3 N–H and O–H groups in total. The number of hydrogen-bond acceptors (Lipinski definition) is 5. The van der Waals surface area contributed by atoms with Gasteiger partial charge >= 0.3 is 5.97 Å². The van der Waals surface area contributed by atoms with E-state index in [9.17, 15) is 9.59 Å². The van der Waals surface area contributed by atoms with Crippen molar-refractivity contribution in [3.8, 4) is 17.1 Å². The molecule has 0 spiro atoms. The molecule has 1 aromatic heterocycles. The van der Waals surface area contributed by atoms with Crippen LogP contribution in [0, 0.1) is 0 Å². The van der Waals surface area contributed by atoms with Crippen molar-refractivity contribution in [3.63, 3.8) is 0 Å². The molecular weight excluding hydrogens is 475 g/mol. The van der Waals surface area contributed by atoms with Gasteiger partial charge in [-0.05, 0) is 66.8 Å². The van der Waals surface area contributed by atoms with Crippen LogP contribution in [-0.2, 0) is 4.79 Å². The van der Waals surface area contributed by atoms with Gasteiger partial charge in [0.25, 0.3) is 0 Å². The van der Waals surface area contributed by atoms with Crippen LogP contribution in [0.4, 0.5) is 5.69 Å². The molecule has 0 aliphatic heterocycles. The zero-order chi connectivity index (χ0) is 23.3. The van der Waals surface area contributed by atoms with Gasteiger partial charge in [0, 0.05) is 21.7 Å². The summed E-state index contributed by atoms with van der Waals surface area (Å²) < 4.78 is 10.9. The van der Waals surface area contributed by atoms with Crippen molar-refractivity contribution in [2.45, 2.75) is 0 Å². The summed E-state index contributed by atoms with van der Waals surface area (Å²) >= 11 is 17.1. The fraction of sp³-hybridized carbons (Fsp3) is 0.0455. The van der Waals surface area contributed by atoms with Gasteiger partial charge in [0.2, 0.25) is 5.91 Å². The van der Waals surface area contributed by atoms with Crippen LogP contribution in [0.15, 0.2) is 59.0 Å². The van der Waals surface area contributed by atoms with Crippen LogP contribution < -0.4 is 15.4 Å². The monoisotopic (exact) mass is 490 g/mol. The highest BCUT2D eigenvalue weighted by Crippen LogP contribution is 2.29. The molecule has 0 fully saturated rings. The molecule has 164 valence electrons. The lowest BCUT2D eigenvalue weighted by Gasteiger charge is -2.12. The third kappa shape index (κ3) is 6.10. The molecule has 0 radical (unpaired) electrons. The highest BCUT2D eigenvalue weighted by Gasteiger charge is 2.11. The van der Waals surface area contributed by atoms with Crippen molar-refractivity contribution >= 4 is 64.2 Å². The van der Waals surface area contributed by atoms with E-state index in [0.29, 0.717) is 38.6 Å². The second-order valence-electron chi connectivity index (χ2n) is 6.36. The van der Waals surface area contributed by atoms with Crippen LogP contribution in [0.2, 0.25) is 10.0 Å². The average Bonchev–Trinajstić information content (AvgIpc) is 3.20. The standard InChI is InChI=1S/C22H16Cl2N2O5S/c1-30-19-5-2-12(21(28)29)10-17(19)25-22(32)26-20(27)7-4-16-3-6-18(31-16)13-8-14(23)11-15(24)9-13/h2-11H,1H3,(H,28,29)(H2,25,26,27,32)/b7-4+. The Morgan fingerprint density at radius 1 is 1.09 bits per heavy atom. The van der Waals surface area contributed by atoms with E-state index in [1.54, 1.807) is 30.3 Å². The number of carboxylic acids is 1. The van der Waals surface area contributed by atoms with Gasteiger partial charge in [-0.3, -0.25) is 10.1 Å². The smallest absolute Gasteiger partial charge is 0.335 e. The Balaban J connectivity index is 1.64. The number of rotatable bonds is 6. The quantitative estimate of drug-likeness (QED) is 0.310. The van der Waals surface area contributed by atoms with Gasteiger partial charge < -0.3 is 19.6 Å². The van der Waals surface area contributed by atoms with Crippen LogP contribution in [0.1, 0.15) is 16.1 Å². The summed E-state index contributed by atoms with van der Waals surface area (Å²) in [7, 11) is 1.43. The number of benzene rings is 2. The summed E-state index contributed by atoms with van der Waals surface area (Å²) in [6.45, 7) is 0. The molecule has 0 aliphatic rings. The SMILES string of the molecule is COc1ccc(C(=O)O)cc1NC(=S)NC(=O)/C=C/c1ccc(-c2cc(Cl)cc(Cl)c2)o1. The number of aromatic carboxylic acids is 1. The number of hydrogen-bond donors (Lipinski definition) is 3. The molecule has 10 heteroatoms. The van der Waals surface area contributed by atoms with Crippen LogP contribution >= 0.6 is 35.4 Å². The number of furan rings is 1. The molecule has 0 unspecified atom stereocenters. The summed E-state index contributed by atoms with van der Waals surface area (Å²) in [6.07, 6.45) is 2.71. The zero-order valence-electron chi connectivity index (χ0n) is 16.5. The van der Waals surface area contributed by atoms with Gasteiger partial charge in [0.15, 0.2) is 5.11 Å². The molecule has 2 aromatic carbocycles. The summed E-state index contributed by atoms with van der Waals surface area (Å²) in [4.78, 5) is 23.3. The minimum atomic E-state index is -1.11. The topological polar surface area (TPSA) is 101 Å². The number of amides is 1. The highest BCUT2D eigenvalue weighted by atomic mass is 35.5. The van der Waals surface area contributed by atoms with Gasteiger partial charge in [0.1, 0.15) is 17.3 Å². The molecule has 3 aromatic rings. The minimum absolute atomic E-state index is 0.0332. The molecule has 32 heavy (non-hydrogen) atoms. The predicted molar refractivity (Wildman–Crippen MR) is 128 cm³/mol. The maximum atomic E-state index is 12.2. The number of carbonyl (C=O) groups excluding carboxylic acids is 1. The Hall–Kier alpha value is -3.33. The summed E-state index contributed by atoms with van der Waals surface area (Å²) in [5.74, 6) is -0.282. The lowest BCUT2D eigenvalue weighted by Crippen LogP contribution is -2.33. The number of carboxylic acid groups (broad SMARTS) is 1. The first kappa shape index (κ1) is 23.3. The van der Waals surface area contributed by atoms with Crippen LogP contribution in [0.5, 0.6) is 5.75 Å². The Kier molecular flexibility index (Phi) is 7.53. The first-order chi connectivity index (χ1) is 15.2. The summed E-state index contributed by atoms with van der Waals surface area (Å²) in [6, 6.07) is 12.7. The van der Waals surface area contributed by atoms with E-state index in [4.69, 9.17) is 49.7 Å². The minimum Gasteiger partial charge on any atom is -0.495 e. The van der Waals surface area contributed by atoms with E-state index in [1.807, 2.05) is 0 Å². The predicted octanol–water partition coefficient (Wildman–Crippen LogP) is 5.49. The molecule has 1 amide bonds. The van der Waals surface area contributed by atoms with Crippen LogP contribution in [0.3, 0.4) is 0 Å². The van der Waals surface area contributed by atoms with Crippen molar-refractivity contribution in [1.29, 1.82) is 0 Å². The third-order valence-corrected chi connectivity index (χ3v) is 4.74. The molecule has 7 nitrogen and oxygen atoms in total. The molecule has 0 saturated carbocycles. The van der Waals surface area contributed by atoms with Gasteiger partial charge in [-0.2, -0.15) is 0 Å². The van der Waals surface area contributed by atoms with Crippen molar-refractivity contribution in [1.82, 2.24) is 5.32 Å². The van der Waals surface area contributed by atoms with E-state index >= 15 is 0 Å². The van der Waals surface area contributed by atoms with E-state index in [1.165, 1.54) is 37.5 Å². The molecule has 0 saturated heterocycles. The molecular formula is C22H16Cl2N2O5S. The molecule has 1 heterocycles. The fourth-order valence-electron chi connectivity index (χ4n) is 2.70. The zero-order valence-corrected chi connectivity index (χ0v) is 18.8.